The van der Waals surface area contributed by atoms with Crippen LogP contribution in [0.2, 0.25) is 0 Å². The van der Waals surface area contributed by atoms with Gasteiger partial charge in [0.1, 0.15) is 0 Å². The number of ether oxygens (including phenoxy) is 1. The van der Waals surface area contributed by atoms with Crippen LogP contribution in [0.4, 0.5) is 0 Å². The van der Waals surface area contributed by atoms with Gasteiger partial charge in [0.15, 0.2) is 0 Å². The van der Waals surface area contributed by atoms with Gasteiger partial charge in [-0.15, -0.1) is 0 Å². The fraction of sp³-hybridized carbons (Fsp3) is 0.500. The van der Waals surface area contributed by atoms with Crippen LogP contribution in [-0.4, -0.2) is 15.3 Å². The van der Waals surface area contributed by atoms with Crippen molar-refractivity contribution in [2.45, 2.75) is 16.3 Å². The van der Waals surface area contributed by atoms with Gasteiger partial charge in [-0.25, -0.2) is 4.79 Å². The van der Waals surface area contributed by atoms with Crippen LogP contribution in [0.5, 0.6) is 0 Å². The van der Waals surface area contributed by atoms with Crippen LogP contribution in [-0.2, 0) is 9.53 Å². The highest BCUT2D eigenvalue weighted by atomic mass is 35.6. The van der Waals surface area contributed by atoms with E-state index < -0.39 is 15.3 Å². The molecule has 0 aromatic heterocycles. The molecule has 0 spiro atoms. The number of hydrogen-bond acceptors (Lipinski definition) is 2. The smallest absolute Gasteiger partial charge is 0.334 e. The molecule has 1 atom stereocenters. The summed E-state index contributed by atoms with van der Waals surface area (Å²) in [7, 11) is 0. The summed E-state index contributed by atoms with van der Waals surface area (Å²) in [6, 6.07) is 0. The number of esters is 1. The fourth-order valence-corrected chi connectivity index (χ4v) is 0.476. The van der Waals surface area contributed by atoms with Gasteiger partial charge in [-0.05, 0) is 6.92 Å². The predicted octanol–water partition coefficient (Wildman–Crippen LogP) is 3.04. The van der Waals surface area contributed by atoms with Gasteiger partial charge in [0.05, 0.1) is 0 Å². The van der Waals surface area contributed by atoms with Gasteiger partial charge in [-0.1, -0.05) is 53.0 Å². The van der Waals surface area contributed by atoms with E-state index in [0.717, 1.165) is 0 Å². The SMILES string of the molecule is C=C(C)C(=O)OC(Cl)C(Cl)(Cl)Cl. The van der Waals surface area contributed by atoms with Crippen LogP contribution in [0.1, 0.15) is 6.92 Å². The Morgan fingerprint density at radius 2 is 1.92 bits per heavy atom. The lowest BCUT2D eigenvalue weighted by Gasteiger charge is -2.17. The minimum atomic E-state index is -1.83. The van der Waals surface area contributed by atoms with Crippen molar-refractivity contribution in [3.63, 3.8) is 0 Å². The summed E-state index contributed by atoms with van der Waals surface area (Å²) in [5, 5.41) is 0. The van der Waals surface area contributed by atoms with Crippen molar-refractivity contribution in [1.82, 2.24) is 0 Å². The van der Waals surface area contributed by atoms with Crippen LogP contribution >= 0.6 is 46.4 Å². The quantitative estimate of drug-likeness (QED) is 0.429. The molecule has 0 aliphatic carbocycles. The van der Waals surface area contributed by atoms with E-state index in [1.54, 1.807) is 0 Å². The minimum absolute atomic E-state index is 0.190. The van der Waals surface area contributed by atoms with Crippen LogP contribution in [0.15, 0.2) is 12.2 Å². The van der Waals surface area contributed by atoms with Crippen molar-refractivity contribution in [3.8, 4) is 0 Å². The van der Waals surface area contributed by atoms with Gasteiger partial charge in [0, 0.05) is 5.57 Å². The van der Waals surface area contributed by atoms with E-state index in [2.05, 4.69) is 11.3 Å². The standard InChI is InChI=1S/C6H6Cl4O2/c1-3(2)4(11)12-5(7)6(8,9)10/h5H,1H2,2H3. The third-order valence-corrected chi connectivity index (χ3v) is 2.16. The summed E-state index contributed by atoms with van der Waals surface area (Å²) < 4.78 is 2.68. The maximum Gasteiger partial charge on any atom is 0.334 e. The van der Waals surface area contributed by atoms with E-state index in [-0.39, 0.29) is 5.57 Å². The second-order valence-electron chi connectivity index (χ2n) is 2.04. The lowest BCUT2D eigenvalue weighted by Crippen LogP contribution is -2.26. The number of hydrogen-bond donors (Lipinski definition) is 0. The average Bonchev–Trinajstić information content (AvgIpc) is 1.85. The Hall–Kier alpha value is 0.370. The first-order valence-electron chi connectivity index (χ1n) is 2.82. The third-order valence-electron chi connectivity index (χ3n) is 0.816. The lowest BCUT2D eigenvalue weighted by molar-refractivity contribution is -0.140. The van der Waals surface area contributed by atoms with Gasteiger partial charge in [0.25, 0.3) is 0 Å². The number of rotatable bonds is 2. The molecule has 70 valence electrons. The zero-order chi connectivity index (χ0) is 9.94. The van der Waals surface area contributed by atoms with Crippen molar-refractivity contribution < 1.29 is 9.53 Å². The maximum atomic E-state index is 10.8. The van der Waals surface area contributed by atoms with Crippen LogP contribution in [0, 0.1) is 0 Å². The molecule has 1 unspecified atom stereocenters. The van der Waals surface area contributed by atoms with Crippen molar-refractivity contribution in [2.24, 2.45) is 0 Å². The van der Waals surface area contributed by atoms with Crippen molar-refractivity contribution in [2.75, 3.05) is 0 Å². The zero-order valence-electron chi connectivity index (χ0n) is 6.11. The van der Waals surface area contributed by atoms with Crippen LogP contribution < -0.4 is 0 Å². The van der Waals surface area contributed by atoms with E-state index in [4.69, 9.17) is 46.4 Å². The van der Waals surface area contributed by atoms with Crippen molar-refractivity contribution in [3.05, 3.63) is 12.2 Å². The first-order valence-corrected chi connectivity index (χ1v) is 4.39. The molecule has 6 heteroatoms. The minimum Gasteiger partial charge on any atom is -0.438 e. The summed E-state index contributed by atoms with van der Waals surface area (Å²) in [6.45, 7) is 4.79. The van der Waals surface area contributed by atoms with E-state index in [1.807, 2.05) is 0 Å². The van der Waals surface area contributed by atoms with E-state index in [0.29, 0.717) is 0 Å². The van der Waals surface area contributed by atoms with Crippen molar-refractivity contribution in [1.29, 1.82) is 0 Å². The average molecular weight is 252 g/mol. The van der Waals surface area contributed by atoms with Crippen molar-refractivity contribution >= 4 is 52.4 Å². The molecule has 2 nitrogen and oxygen atoms in total. The van der Waals surface area contributed by atoms with E-state index in [1.165, 1.54) is 6.92 Å². The number of carbonyl (C=O) groups excluding carboxylic acids is 1. The van der Waals surface area contributed by atoms with E-state index in [9.17, 15) is 4.79 Å². The van der Waals surface area contributed by atoms with Crippen LogP contribution in [0.3, 0.4) is 0 Å². The Balaban J connectivity index is 4.11. The molecule has 0 N–H and O–H groups in total. The third kappa shape index (κ3) is 4.41. The molecule has 0 saturated carbocycles. The van der Waals surface area contributed by atoms with Crippen LogP contribution in [0.25, 0.3) is 0 Å². The highest BCUT2D eigenvalue weighted by Gasteiger charge is 2.34. The molecule has 0 saturated heterocycles. The summed E-state index contributed by atoms with van der Waals surface area (Å²) in [6.07, 6.45) is 0. The van der Waals surface area contributed by atoms with Gasteiger partial charge in [-0.3, -0.25) is 0 Å². The molecule has 0 radical (unpaired) electrons. The first kappa shape index (κ1) is 12.4. The van der Waals surface area contributed by atoms with Gasteiger partial charge in [-0.2, -0.15) is 0 Å². The molecule has 12 heavy (non-hydrogen) atoms. The summed E-state index contributed by atoms with van der Waals surface area (Å²) in [5.41, 5.74) is -1.12. The normalized spacial score (nSPS) is 13.8. The molecule has 0 amide bonds. The molecular weight excluding hydrogens is 246 g/mol. The summed E-state index contributed by atoms with van der Waals surface area (Å²) >= 11 is 21.4. The molecular formula is C6H6Cl4O2. The predicted molar refractivity (Wildman–Crippen MR) is 50.8 cm³/mol. The monoisotopic (exact) mass is 250 g/mol. The number of carbonyl (C=O) groups is 1. The molecule has 0 aromatic rings. The molecule has 0 aliphatic rings. The lowest BCUT2D eigenvalue weighted by atomic mass is 10.4. The van der Waals surface area contributed by atoms with Gasteiger partial charge < -0.3 is 4.74 Å². The Kier molecular flexibility index (Phi) is 4.70. The summed E-state index contributed by atoms with van der Waals surface area (Å²) in [4.78, 5) is 10.8. The first-order chi connectivity index (χ1) is 5.25. The Morgan fingerprint density at radius 3 is 2.17 bits per heavy atom. The largest absolute Gasteiger partial charge is 0.438 e. The number of halogens is 4. The number of alkyl halides is 4. The Bertz CT molecular complexity index is 196. The van der Waals surface area contributed by atoms with E-state index >= 15 is 0 Å². The zero-order valence-corrected chi connectivity index (χ0v) is 9.14. The molecule has 0 aliphatic heterocycles. The highest BCUT2D eigenvalue weighted by Crippen LogP contribution is 2.34. The molecule has 0 heterocycles. The van der Waals surface area contributed by atoms with Gasteiger partial charge >= 0.3 is 5.97 Å². The maximum absolute atomic E-state index is 10.8. The van der Waals surface area contributed by atoms with Gasteiger partial charge in [0.2, 0.25) is 9.36 Å². The highest BCUT2D eigenvalue weighted by molar-refractivity contribution is 6.70. The molecule has 0 rings (SSSR count). The Labute approximate surface area is 90.4 Å². The fourth-order valence-electron chi connectivity index (χ4n) is 0.261. The molecule has 0 bridgehead atoms. The summed E-state index contributed by atoms with van der Waals surface area (Å²) in [5.74, 6) is -0.693. The second-order valence-corrected chi connectivity index (χ2v) is 4.81. The Morgan fingerprint density at radius 1 is 1.50 bits per heavy atom. The second kappa shape index (κ2) is 4.56. The molecule has 0 aromatic carbocycles. The molecule has 0 fully saturated rings. The topological polar surface area (TPSA) is 26.3 Å².